The number of carbonyl (C=O) groups excluding carboxylic acids is 1. The summed E-state index contributed by atoms with van der Waals surface area (Å²) in [4.78, 5) is 23.0. The number of nitrogens with zero attached hydrogens (tertiary/aromatic N) is 1. The Morgan fingerprint density at radius 1 is 1.36 bits per heavy atom. The van der Waals surface area contributed by atoms with Crippen molar-refractivity contribution in [2.75, 3.05) is 13.1 Å². The first-order valence-corrected chi connectivity index (χ1v) is 6.69. The molecule has 0 unspecified atom stereocenters. The number of rotatable bonds is 3. The molecule has 0 aromatic heterocycles. The van der Waals surface area contributed by atoms with Crippen LogP contribution in [-0.4, -0.2) is 47.2 Å². The predicted octanol–water partition coefficient (Wildman–Crippen LogP) is 2.30. The topological polar surface area (TPSA) is 78.9 Å². The molecule has 0 aliphatic carbocycles. The molecule has 1 heterocycles. The molecule has 0 spiro atoms. The molecule has 22 heavy (non-hydrogen) atoms. The van der Waals surface area contributed by atoms with Crippen LogP contribution >= 0.6 is 0 Å². The van der Waals surface area contributed by atoms with Crippen LogP contribution in [-0.2, 0) is 11.3 Å². The number of amides is 2. The van der Waals surface area contributed by atoms with E-state index in [1.807, 2.05) is 6.07 Å². The Kier molecular flexibility index (Phi) is 4.79. The summed E-state index contributed by atoms with van der Waals surface area (Å²) in [6.07, 6.45) is -2.90. The van der Waals surface area contributed by atoms with E-state index < -0.39 is 37.1 Å². The van der Waals surface area contributed by atoms with Crippen LogP contribution in [0.1, 0.15) is 12.0 Å². The number of alkyl halides is 2. The maximum Gasteiger partial charge on any atom is 0.407 e. The van der Waals surface area contributed by atoms with Gasteiger partial charge in [-0.25, -0.2) is 18.4 Å². The normalized spacial score (nSPS) is 20.3. The standard InChI is InChI=1S/C14H16F2N2O4/c15-14(16)6-11(7-18(9-14)13(20)21)17-12(19)22-8-10-4-2-1-3-5-10/h1-5,11H,6-9H2,(H,17,19)(H,20,21)/t11-/m1/s1. The van der Waals surface area contributed by atoms with Gasteiger partial charge in [-0.05, 0) is 5.56 Å². The molecule has 1 aromatic rings. The first-order chi connectivity index (χ1) is 10.4. The summed E-state index contributed by atoms with van der Waals surface area (Å²) in [6, 6.07) is 7.91. The average molecular weight is 314 g/mol. The van der Waals surface area contributed by atoms with Crippen LogP contribution < -0.4 is 5.32 Å². The van der Waals surface area contributed by atoms with Crippen molar-refractivity contribution >= 4 is 12.2 Å². The average Bonchev–Trinajstić information content (AvgIpc) is 2.44. The van der Waals surface area contributed by atoms with Crippen LogP contribution in [0.15, 0.2) is 30.3 Å². The maximum absolute atomic E-state index is 13.5. The van der Waals surface area contributed by atoms with E-state index >= 15 is 0 Å². The number of carboxylic acid groups (broad SMARTS) is 1. The number of nitrogens with one attached hydrogen (secondary N) is 1. The molecule has 2 amide bonds. The van der Waals surface area contributed by atoms with Crippen LogP contribution in [0.3, 0.4) is 0 Å². The fourth-order valence-electron chi connectivity index (χ4n) is 2.27. The fraction of sp³-hybridized carbons (Fsp3) is 0.429. The van der Waals surface area contributed by atoms with Gasteiger partial charge in [0.25, 0.3) is 5.92 Å². The van der Waals surface area contributed by atoms with E-state index in [4.69, 9.17) is 9.84 Å². The van der Waals surface area contributed by atoms with Gasteiger partial charge in [-0.1, -0.05) is 30.3 Å². The Labute approximate surface area is 125 Å². The molecular weight excluding hydrogens is 298 g/mol. The monoisotopic (exact) mass is 314 g/mol. The van der Waals surface area contributed by atoms with Gasteiger partial charge in [-0.3, -0.25) is 0 Å². The van der Waals surface area contributed by atoms with Gasteiger partial charge in [0.2, 0.25) is 0 Å². The third-order valence-corrected chi connectivity index (χ3v) is 3.21. The molecule has 1 aromatic carbocycles. The van der Waals surface area contributed by atoms with Crippen LogP contribution in [0.25, 0.3) is 0 Å². The van der Waals surface area contributed by atoms with Gasteiger partial charge in [0.05, 0.1) is 12.6 Å². The predicted molar refractivity (Wildman–Crippen MR) is 72.7 cm³/mol. The molecule has 0 radical (unpaired) electrons. The zero-order valence-corrected chi connectivity index (χ0v) is 11.7. The lowest BCUT2D eigenvalue weighted by Gasteiger charge is -2.35. The van der Waals surface area contributed by atoms with Crippen molar-refractivity contribution in [2.24, 2.45) is 0 Å². The quantitative estimate of drug-likeness (QED) is 0.897. The van der Waals surface area contributed by atoms with Gasteiger partial charge >= 0.3 is 12.2 Å². The van der Waals surface area contributed by atoms with Crippen molar-refractivity contribution < 1.29 is 28.2 Å². The minimum atomic E-state index is -3.17. The Bertz CT molecular complexity index is 539. The van der Waals surface area contributed by atoms with E-state index in [0.29, 0.717) is 4.90 Å². The van der Waals surface area contributed by atoms with Crippen molar-refractivity contribution in [1.29, 1.82) is 0 Å². The molecule has 1 atom stereocenters. The smallest absolute Gasteiger partial charge is 0.407 e. The number of alkyl carbamates (subject to hydrolysis) is 1. The number of ether oxygens (including phenoxy) is 1. The highest BCUT2D eigenvalue weighted by Crippen LogP contribution is 2.27. The zero-order chi connectivity index (χ0) is 16.2. The molecule has 1 saturated heterocycles. The van der Waals surface area contributed by atoms with Crippen LogP contribution in [0.2, 0.25) is 0 Å². The lowest BCUT2D eigenvalue weighted by Crippen LogP contribution is -2.56. The van der Waals surface area contributed by atoms with Gasteiger partial charge in [0.1, 0.15) is 6.61 Å². The molecule has 0 saturated carbocycles. The zero-order valence-electron chi connectivity index (χ0n) is 11.7. The van der Waals surface area contributed by atoms with E-state index in [9.17, 15) is 18.4 Å². The lowest BCUT2D eigenvalue weighted by atomic mass is 10.0. The number of halogens is 2. The number of hydrogen-bond acceptors (Lipinski definition) is 3. The Morgan fingerprint density at radius 2 is 2.05 bits per heavy atom. The highest BCUT2D eigenvalue weighted by Gasteiger charge is 2.42. The number of hydrogen-bond donors (Lipinski definition) is 2. The van der Waals surface area contributed by atoms with Crippen LogP contribution in [0, 0.1) is 0 Å². The Morgan fingerprint density at radius 3 is 2.68 bits per heavy atom. The second-order valence-corrected chi connectivity index (χ2v) is 5.13. The van der Waals surface area contributed by atoms with Gasteiger partial charge in [0, 0.05) is 13.0 Å². The highest BCUT2D eigenvalue weighted by molar-refractivity contribution is 5.68. The summed E-state index contributed by atoms with van der Waals surface area (Å²) in [5.41, 5.74) is 0.763. The molecule has 1 fully saturated rings. The van der Waals surface area contributed by atoms with Crippen molar-refractivity contribution in [3.8, 4) is 0 Å². The van der Waals surface area contributed by atoms with Gasteiger partial charge < -0.3 is 20.1 Å². The van der Waals surface area contributed by atoms with Gasteiger partial charge in [-0.2, -0.15) is 0 Å². The maximum atomic E-state index is 13.5. The molecule has 0 bridgehead atoms. The summed E-state index contributed by atoms with van der Waals surface area (Å²) in [6.45, 7) is -1.04. The van der Waals surface area contributed by atoms with Crippen molar-refractivity contribution in [2.45, 2.75) is 25.0 Å². The second-order valence-electron chi connectivity index (χ2n) is 5.13. The fourth-order valence-corrected chi connectivity index (χ4v) is 2.27. The van der Waals surface area contributed by atoms with E-state index in [1.54, 1.807) is 24.3 Å². The van der Waals surface area contributed by atoms with Crippen LogP contribution in [0.5, 0.6) is 0 Å². The van der Waals surface area contributed by atoms with Gasteiger partial charge in [-0.15, -0.1) is 0 Å². The van der Waals surface area contributed by atoms with E-state index in [2.05, 4.69) is 5.32 Å². The minimum absolute atomic E-state index is 0.0123. The SMILES string of the molecule is O=C(N[C@H]1CN(C(=O)O)CC(F)(F)C1)OCc1ccccc1. The summed E-state index contributed by atoms with van der Waals surface area (Å²) >= 11 is 0. The van der Waals surface area contributed by atoms with Crippen molar-refractivity contribution in [3.63, 3.8) is 0 Å². The number of carbonyl (C=O) groups is 2. The molecule has 2 N–H and O–H groups in total. The molecule has 2 rings (SSSR count). The number of benzene rings is 1. The highest BCUT2D eigenvalue weighted by atomic mass is 19.3. The van der Waals surface area contributed by atoms with E-state index in [1.165, 1.54) is 0 Å². The lowest BCUT2D eigenvalue weighted by molar-refractivity contribution is -0.0677. The molecule has 1 aliphatic rings. The first kappa shape index (κ1) is 16.0. The third-order valence-electron chi connectivity index (χ3n) is 3.21. The second kappa shape index (κ2) is 6.59. The number of piperidine rings is 1. The third kappa shape index (κ3) is 4.57. The summed E-state index contributed by atoms with van der Waals surface area (Å²) in [5.74, 6) is -3.17. The summed E-state index contributed by atoms with van der Waals surface area (Å²) in [7, 11) is 0. The molecule has 120 valence electrons. The molecule has 8 heteroatoms. The molecule has 6 nitrogen and oxygen atoms in total. The molecule has 1 aliphatic heterocycles. The van der Waals surface area contributed by atoms with Gasteiger partial charge in [0.15, 0.2) is 0 Å². The first-order valence-electron chi connectivity index (χ1n) is 6.69. The summed E-state index contributed by atoms with van der Waals surface area (Å²) < 4.78 is 31.9. The minimum Gasteiger partial charge on any atom is -0.465 e. The van der Waals surface area contributed by atoms with Crippen molar-refractivity contribution in [3.05, 3.63) is 35.9 Å². The van der Waals surface area contributed by atoms with E-state index in [-0.39, 0.29) is 13.2 Å². The summed E-state index contributed by atoms with van der Waals surface area (Å²) in [5, 5.41) is 11.1. The Hall–Kier alpha value is -2.38. The van der Waals surface area contributed by atoms with Crippen molar-refractivity contribution in [1.82, 2.24) is 10.2 Å². The van der Waals surface area contributed by atoms with Crippen LogP contribution in [0.4, 0.5) is 18.4 Å². The Balaban J connectivity index is 1.86. The largest absolute Gasteiger partial charge is 0.465 e. The van der Waals surface area contributed by atoms with E-state index in [0.717, 1.165) is 5.56 Å². The number of likely N-dealkylation sites (tertiary alicyclic amines) is 1. The molecular formula is C14H16F2N2O4.